The molecule has 1 unspecified atom stereocenters. The van der Waals surface area contributed by atoms with Crippen molar-refractivity contribution in [3.8, 4) is 5.75 Å². The second-order valence-corrected chi connectivity index (χ2v) is 4.07. The number of pyridine rings is 1. The summed E-state index contributed by atoms with van der Waals surface area (Å²) in [5, 5.41) is 9.87. The van der Waals surface area contributed by atoms with Gasteiger partial charge in [0.15, 0.2) is 0 Å². The summed E-state index contributed by atoms with van der Waals surface area (Å²) in [7, 11) is 0. The highest BCUT2D eigenvalue weighted by molar-refractivity contribution is 5.32. The predicted octanol–water partition coefficient (Wildman–Crippen LogP) is 1.65. The Morgan fingerprint density at radius 3 is 2.72 bits per heavy atom. The number of para-hydroxylation sites is 1. The van der Waals surface area contributed by atoms with Crippen LogP contribution >= 0.6 is 0 Å². The fourth-order valence-corrected chi connectivity index (χ4v) is 1.66. The van der Waals surface area contributed by atoms with Gasteiger partial charge in [-0.05, 0) is 29.8 Å². The Balaban J connectivity index is 1.84. The Morgan fingerprint density at radius 2 is 2.00 bits per heavy atom. The number of hydrogen-bond acceptors (Lipinski definition) is 4. The summed E-state index contributed by atoms with van der Waals surface area (Å²) in [5.41, 5.74) is 6.53. The van der Waals surface area contributed by atoms with E-state index in [2.05, 4.69) is 4.98 Å². The summed E-state index contributed by atoms with van der Waals surface area (Å²) in [6.45, 7) is 0.256. The zero-order chi connectivity index (χ0) is 12.8. The standard InChI is InChI=1S/C14H16N2O2/c15-14-9-11(6-7-16-14)8-12(17)10-18-13-4-2-1-3-5-13/h1-7,9,12,17H,8,10H2,(H2,15,16). The normalized spacial score (nSPS) is 12.1. The van der Waals surface area contributed by atoms with Gasteiger partial charge in [0, 0.05) is 12.6 Å². The molecule has 0 saturated carbocycles. The number of aromatic nitrogens is 1. The van der Waals surface area contributed by atoms with E-state index in [0.717, 1.165) is 11.3 Å². The minimum Gasteiger partial charge on any atom is -0.491 e. The molecule has 18 heavy (non-hydrogen) atoms. The van der Waals surface area contributed by atoms with Crippen molar-refractivity contribution in [2.45, 2.75) is 12.5 Å². The Kier molecular flexibility index (Phi) is 4.15. The van der Waals surface area contributed by atoms with E-state index >= 15 is 0 Å². The summed E-state index contributed by atoms with van der Waals surface area (Å²) in [6, 6.07) is 13.0. The van der Waals surface area contributed by atoms with Gasteiger partial charge in [-0.15, -0.1) is 0 Å². The number of hydrogen-bond donors (Lipinski definition) is 2. The van der Waals surface area contributed by atoms with Gasteiger partial charge in [-0.3, -0.25) is 0 Å². The van der Waals surface area contributed by atoms with Crippen LogP contribution in [0.25, 0.3) is 0 Å². The molecule has 1 atom stereocenters. The maximum absolute atomic E-state index is 9.87. The van der Waals surface area contributed by atoms with Gasteiger partial charge in [-0.2, -0.15) is 0 Å². The first kappa shape index (κ1) is 12.4. The quantitative estimate of drug-likeness (QED) is 0.839. The molecule has 2 rings (SSSR count). The van der Waals surface area contributed by atoms with E-state index in [1.807, 2.05) is 36.4 Å². The van der Waals surface area contributed by atoms with Crippen molar-refractivity contribution < 1.29 is 9.84 Å². The third kappa shape index (κ3) is 3.75. The van der Waals surface area contributed by atoms with E-state index in [0.29, 0.717) is 12.2 Å². The third-order valence-corrected chi connectivity index (χ3v) is 2.50. The molecule has 1 heterocycles. The zero-order valence-corrected chi connectivity index (χ0v) is 9.99. The van der Waals surface area contributed by atoms with Crippen LogP contribution in [0.3, 0.4) is 0 Å². The molecule has 3 N–H and O–H groups in total. The molecule has 0 bridgehead atoms. The van der Waals surface area contributed by atoms with Crippen molar-refractivity contribution in [3.05, 3.63) is 54.2 Å². The number of benzene rings is 1. The maximum Gasteiger partial charge on any atom is 0.123 e. The lowest BCUT2D eigenvalue weighted by molar-refractivity contribution is 0.108. The number of nitrogen functional groups attached to an aromatic ring is 1. The molecule has 4 heteroatoms. The number of aliphatic hydroxyl groups is 1. The summed E-state index contributed by atoms with van der Waals surface area (Å²) < 4.78 is 5.47. The summed E-state index contributed by atoms with van der Waals surface area (Å²) in [6.07, 6.45) is 1.57. The number of aliphatic hydroxyl groups excluding tert-OH is 1. The fraction of sp³-hybridized carbons (Fsp3) is 0.214. The topological polar surface area (TPSA) is 68.4 Å². The van der Waals surface area contributed by atoms with Gasteiger partial charge in [-0.25, -0.2) is 4.98 Å². The first-order valence-corrected chi connectivity index (χ1v) is 5.80. The summed E-state index contributed by atoms with van der Waals surface area (Å²) in [5.74, 6) is 1.22. The lowest BCUT2D eigenvalue weighted by Crippen LogP contribution is -2.20. The average molecular weight is 244 g/mol. The van der Waals surface area contributed by atoms with Gasteiger partial charge in [-0.1, -0.05) is 18.2 Å². The maximum atomic E-state index is 9.87. The molecule has 1 aromatic carbocycles. The molecular formula is C14H16N2O2. The lowest BCUT2D eigenvalue weighted by Gasteiger charge is -2.12. The molecule has 94 valence electrons. The predicted molar refractivity (Wildman–Crippen MR) is 70.3 cm³/mol. The fourth-order valence-electron chi connectivity index (χ4n) is 1.66. The highest BCUT2D eigenvalue weighted by atomic mass is 16.5. The van der Waals surface area contributed by atoms with Crippen molar-refractivity contribution in [2.24, 2.45) is 0 Å². The number of rotatable bonds is 5. The Hall–Kier alpha value is -2.07. The highest BCUT2D eigenvalue weighted by Gasteiger charge is 2.07. The number of nitrogens with zero attached hydrogens (tertiary/aromatic N) is 1. The molecule has 0 spiro atoms. The molecule has 0 aliphatic heterocycles. The molecule has 0 fully saturated rings. The Labute approximate surface area is 106 Å². The van der Waals surface area contributed by atoms with E-state index in [-0.39, 0.29) is 6.61 Å². The van der Waals surface area contributed by atoms with Gasteiger partial charge >= 0.3 is 0 Å². The van der Waals surface area contributed by atoms with Gasteiger partial charge in [0.1, 0.15) is 18.2 Å². The van der Waals surface area contributed by atoms with Crippen LogP contribution < -0.4 is 10.5 Å². The first-order chi connectivity index (χ1) is 8.74. The first-order valence-electron chi connectivity index (χ1n) is 5.80. The van der Waals surface area contributed by atoms with Crippen molar-refractivity contribution in [1.29, 1.82) is 0 Å². The van der Waals surface area contributed by atoms with Gasteiger partial charge < -0.3 is 15.6 Å². The van der Waals surface area contributed by atoms with Gasteiger partial charge in [0.25, 0.3) is 0 Å². The summed E-state index contributed by atoms with van der Waals surface area (Å²) >= 11 is 0. The third-order valence-electron chi connectivity index (χ3n) is 2.50. The van der Waals surface area contributed by atoms with Crippen LogP contribution in [0.4, 0.5) is 5.82 Å². The molecule has 4 nitrogen and oxygen atoms in total. The molecule has 0 saturated heterocycles. The van der Waals surface area contributed by atoms with E-state index < -0.39 is 6.10 Å². The van der Waals surface area contributed by atoms with Crippen molar-refractivity contribution in [2.75, 3.05) is 12.3 Å². The lowest BCUT2D eigenvalue weighted by atomic mass is 10.1. The smallest absolute Gasteiger partial charge is 0.123 e. The van der Waals surface area contributed by atoms with Crippen molar-refractivity contribution in [1.82, 2.24) is 4.98 Å². The van der Waals surface area contributed by atoms with Crippen molar-refractivity contribution in [3.63, 3.8) is 0 Å². The SMILES string of the molecule is Nc1cc(CC(O)COc2ccccc2)ccn1. The molecule has 1 aromatic heterocycles. The van der Waals surface area contributed by atoms with Crippen LogP contribution in [-0.4, -0.2) is 22.8 Å². The van der Waals surface area contributed by atoms with Crippen molar-refractivity contribution >= 4 is 5.82 Å². The molecule has 0 aliphatic rings. The number of nitrogens with two attached hydrogens (primary N) is 1. The highest BCUT2D eigenvalue weighted by Crippen LogP contribution is 2.10. The van der Waals surface area contributed by atoms with Crippen LogP contribution in [0.5, 0.6) is 5.75 Å². The molecule has 0 amide bonds. The molecule has 0 radical (unpaired) electrons. The van der Waals surface area contributed by atoms with Crippen LogP contribution in [0.2, 0.25) is 0 Å². The van der Waals surface area contributed by atoms with E-state index in [9.17, 15) is 5.11 Å². The molecule has 0 aliphatic carbocycles. The van der Waals surface area contributed by atoms with Crippen LogP contribution in [0, 0.1) is 0 Å². The Morgan fingerprint density at radius 1 is 1.22 bits per heavy atom. The Bertz CT molecular complexity index is 488. The number of anilines is 1. The van der Waals surface area contributed by atoms with E-state index in [4.69, 9.17) is 10.5 Å². The molecule has 2 aromatic rings. The van der Waals surface area contributed by atoms with Gasteiger partial charge in [0.2, 0.25) is 0 Å². The monoisotopic (exact) mass is 244 g/mol. The van der Waals surface area contributed by atoms with Crippen LogP contribution in [0.15, 0.2) is 48.7 Å². The number of ether oxygens (including phenoxy) is 1. The second-order valence-electron chi connectivity index (χ2n) is 4.07. The van der Waals surface area contributed by atoms with E-state index in [1.54, 1.807) is 12.3 Å². The average Bonchev–Trinajstić information content (AvgIpc) is 2.38. The van der Waals surface area contributed by atoms with E-state index in [1.165, 1.54) is 0 Å². The second kappa shape index (κ2) is 6.02. The summed E-state index contributed by atoms with van der Waals surface area (Å²) in [4.78, 5) is 3.91. The minimum absolute atomic E-state index is 0.256. The van der Waals surface area contributed by atoms with Gasteiger partial charge in [0.05, 0.1) is 6.10 Å². The minimum atomic E-state index is -0.563. The van der Waals surface area contributed by atoms with Crippen LogP contribution in [0.1, 0.15) is 5.56 Å². The zero-order valence-electron chi connectivity index (χ0n) is 9.99. The largest absolute Gasteiger partial charge is 0.491 e. The molecular weight excluding hydrogens is 228 g/mol. The van der Waals surface area contributed by atoms with Crippen LogP contribution in [-0.2, 0) is 6.42 Å².